The van der Waals surface area contributed by atoms with E-state index in [-0.39, 0.29) is 17.7 Å². The molecule has 6 nitrogen and oxygen atoms in total. The number of para-hydroxylation sites is 1. The third-order valence-corrected chi connectivity index (χ3v) is 6.12. The molecule has 2 amide bonds. The van der Waals surface area contributed by atoms with Gasteiger partial charge in [-0.3, -0.25) is 14.6 Å². The van der Waals surface area contributed by atoms with Gasteiger partial charge >= 0.3 is 0 Å². The Morgan fingerprint density at radius 3 is 2.59 bits per heavy atom. The number of ether oxygens (including phenoxy) is 1. The number of aromatic nitrogens is 1. The standard InChI is InChI=1S/C26H29N3O3/c1-28(2)26(31)22-16-24(27-23-7-5-4-6-21(22)23)19-14-15-29(17-19)25(30)13-10-18-8-11-20(32-3)12-9-18/h4-9,11-12,16,19H,10,13-15,17H2,1-3H3/t19-/m1/s1. The zero-order valence-electron chi connectivity index (χ0n) is 18.9. The molecular weight excluding hydrogens is 402 g/mol. The third kappa shape index (κ3) is 4.59. The lowest BCUT2D eigenvalue weighted by molar-refractivity contribution is -0.130. The van der Waals surface area contributed by atoms with Gasteiger partial charge in [0.05, 0.1) is 18.2 Å². The van der Waals surface area contributed by atoms with Gasteiger partial charge < -0.3 is 14.5 Å². The molecule has 4 rings (SSSR count). The van der Waals surface area contributed by atoms with Crippen LogP contribution in [0.5, 0.6) is 5.75 Å². The number of benzene rings is 2. The Balaban J connectivity index is 1.46. The number of carbonyl (C=O) groups is 2. The highest BCUT2D eigenvalue weighted by molar-refractivity contribution is 6.06. The second-order valence-corrected chi connectivity index (χ2v) is 8.48. The van der Waals surface area contributed by atoms with E-state index in [1.54, 1.807) is 26.1 Å². The summed E-state index contributed by atoms with van der Waals surface area (Å²) in [5.41, 5.74) is 3.50. The van der Waals surface area contributed by atoms with E-state index in [9.17, 15) is 9.59 Å². The predicted molar refractivity (Wildman–Crippen MR) is 125 cm³/mol. The zero-order valence-corrected chi connectivity index (χ0v) is 18.9. The van der Waals surface area contributed by atoms with Crippen molar-refractivity contribution in [1.82, 2.24) is 14.8 Å². The molecule has 0 radical (unpaired) electrons. The molecule has 1 aliphatic heterocycles. The number of hydrogen-bond donors (Lipinski definition) is 0. The number of pyridine rings is 1. The van der Waals surface area contributed by atoms with Crippen molar-refractivity contribution in [2.75, 3.05) is 34.3 Å². The van der Waals surface area contributed by atoms with E-state index in [0.29, 0.717) is 24.9 Å². The molecule has 1 saturated heterocycles. The smallest absolute Gasteiger partial charge is 0.254 e. The molecule has 0 spiro atoms. The summed E-state index contributed by atoms with van der Waals surface area (Å²) < 4.78 is 5.19. The number of nitrogens with zero attached hydrogens (tertiary/aromatic N) is 3. The SMILES string of the molecule is COc1ccc(CCC(=O)N2CC[C@@H](c3cc(C(=O)N(C)C)c4ccccc4n3)C2)cc1. The highest BCUT2D eigenvalue weighted by atomic mass is 16.5. The summed E-state index contributed by atoms with van der Waals surface area (Å²) in [6, 6.07) is 17.5. The fourth-order valence-electron chi connectivity index (χ4n) is 4.25. The van der Waals surface area contributed by atoms with E-state index in [1.807, 2.05) is 59.5 Å². The first kappa shape index (κ1) is 21.8. The topological polar surface area (TPSA) is 62.7 Å². The van der Waals surface area contributed by atoms with Crippen molar-refractivity contribution >= 4 is 22.7 Å². The van der Waals surface area contributed by atoms with Gasteiger partial charge in [-0.05, 0) is 42.7 Å². The normalized spacial score (nSPS) is 15.7. The number of aryl methyl sites for hydroxylation is 1. The summed E-state index contributed by atoms with van der Waals surface area (Å²) in [7, 11) is 5.16. The Morgan fingerprint density at radius 2 is 1.88 bits per heavy atom. The Bertz CT molecular complexity index is 1120. The van der Waals surface area contributed by atoms with Crippen molar-refractivity contribution in [1.29, 1.82) is 0 Å². The first-order valence-corrected chi connectivity index (χ1v) is 11.0. The van der Waals surface area contributed by atoms with Crippen LogP contribution in [-0.4, -0.2) is 60.9 Å². The van der Waals surface area contributed by atoms with E-state index in [0.717, 1.165) is 40.9 Å². The van der Waals surface area contributed by atoms with Crippen molar-refractivity contribution < 1.29 is 14.3 Å². The molecule has 1 aromatic heterocycles. The van der Waals surface area contributed by atoms with Crippen LogP contribution >= 0.6 is 0 Å². The van der Waals surface area contributed by atoms with Crippen LogP contribution in [0, 0.1) is 0 Å². The average Bonchev–Trinajstić information content (AvgIpc) is 3.32. The first-order chi connectivity index (χ1) is 15.5. The lowest BCUT2D eigenvalue weighted by Gasteiger charge is -2.18. The highest BCUT2D eigenvalue weighted by Crippen LogP contribution is 2.30. The van der Waals surface area contributed by atoms with Gasteiger partial charge in [-0.1, -0.05) is 30.3 Å². The van der Waals surface area contributed by atoms with Crippen LogP contribution in [0.1, 0.15) is 40.4 Å². The molecule has 0 unspecified atom stereocenters. The van der Waals surface area contributed by atoms with E-state index in [1.165, 1.54) is 0 Å². The minimum Gasteiger partial charge on any atom is -0.497 e. The maximum atomic E-state index is 12.8. The molecule has 0 saturated carbocycles. The largest absolute Gasteiger partial charge is 0.497 e. The molecule has 1 atom stereocenters. The number of rotatable bonds is 6. The molecular formula is C26H29N3O3. The molecule has 1 aliphatic rings. The van der Waals surface area contributed by atoms with Gasteiger partial charge in [0.15, 0.2) is 0 Å². The zero-order chi connectivity index (χ0) is 22.7. The lowest BCUT2D eigenvalue weighted by atomic mass is 9.99. The second-order valence-electron chi connectivity index (χ2n) is 8.48. The van der Waals surface area contributed by atoms with Crippen LogP contribution in [-0.2, 0) is 11.2 Å². The molecule has 32 heavy (non-hydrogen) atoms. The Labute approximate surface area is 188 Å². The van der Waals surface area contributed by atoms with Gasteiger partial charge in [-0.15, -0.1) is 0 Å². The number of hydrogen-bond acceptors (Lipinski definition) is 4. The van der Waals surface area contributed by atoms with Crippen LogP contribution in [0.15, 0.2) is 54.6 Å². The summed E-state index contributed by atoms with van der Waals surface area (Å²) in [4.78, 5) is 34.0. The second kappa shape index (κ2) is 9.39. The Hall–Kier alpha value is -3.41. The number of likely N-dealkylation sites (tertiary alicyclic amines) is 1. The first-order valence-electron chi connectivity index (χ1n) is 11.0. The van der Waals surface area contributed by atoms with Gasteiger partial charge in [0, 0.05) is 50.6 Å². The molecule has 0 N–H and O–H groups in total. The minimum atomic E-state index is -0.0322. The molecule has 2 heterocycles. The summed E-state index contributed by atoms with van der Waals surface area (Å²) >= 11 is 0. The van der Waals surface area contributed by atoms with Crippen LogP contribution in [0.4, 0.5) is 0 Å². The van der Waals surface area contributed by atoms with Gasteiger partial charge in [0.2, 0.25) is 5.91 Å². The van der Waals surface area contributed by atoms with Crippen LogP contribution in [0.2, 0.25) is 0 Å². The predicted octanol–water partition coefficient (Wildman–Crippen LogP) is 3.89. The average molecular weight is 432 g/mol. The van der Waals surface area contributed by atoms with Crippen molar-refractivity contribution in [2.45, 2.75) is 25.2 Å². The minimum absolute atomic E-state index is 0.0322. The van der Waals surface area contributed by atoms with E-state index in [2.05, 4.69) is 0 Å². The molecule has 3 aromatic rings. The molecule has 2 aromatic carbocycles. The molecule has 0 bridgehead atoms. The maximum Gasteiger partial charge on any atom is 0.254 e. The third-order valence-electron chi connectivity index (χ3n) is 6.12. The Kier molecular flexibility index (Phi) is 6.40. The summed E-state index contributed by atoms with van der Waals surface area (Å²) in [6.45, 7) is 1.36. The van der Waals surface area contributed by atoms with Gasteiger partial charge in [0.1, 0.15) is 5.75 Å². The van der Waals surface area contributed by atoms with Crippen molar-refractivity contribution in [2.24, 2.45) is 0 Å². The molecule has 6 heteroatoms. The van der Waals surface area contributed by atoms with Gasteiger partial charge in [-0.25, -0.2) is 0 Å². The van der Waals surface area contributed by atoms with Crippen molar-refractivity contribution in [3.8, 4) is 5.75 Å². The summed E-state index contributed by atoms with van der Waals surface area (Å²) in [5.74, 6) is 1.08. The van der Waals surface area contributed by atoms with Gasteiger partial charge in [0.25, 0.3) is 5.91 Å². The van der Waals surface area contributed by atoms with E-state index in [4.69, 9.17) is 9.72 Å². The quantitative estimate of drug-likeness (QED) is 0.594. The van der Waals surface area contributed by atoms with Crippen molar-refractivity contribution in [3.05, 3.63) is 71.4 Å². The van der Waals surface area contributed by atoms with Crippen molar-refractivity contribution in [3.63, 3.8) is 0 Å². The monoisotopic (exact) mass is 431 g/mol. The van der Waals surface area contributed by atoms with Crippen LogP contribution in [0.3, 0.4) is 0 Å². The lowest BCUT2D eigenvalue weighted by Crippen LogP contribution is -2.28. The number of methoxy groups -OCH3 is 1. The fraction of sp³-hybridized carbons (Fsp3) is 0.346. The van der Waals surface area contributed by atoms with Crippen LogP contribution in [0.25, 0.3) is 10.9 Å². The number of fused-ring (bicyclic) bond motifs is 1. The maximum absolute atomic E-state index is 12.8. The fourth-order valence-corrected chi connectivity index (χ4v) is 4.25. The highest BCUT2D eigenvalue weighted by Gasteiger charge is 2.29. The summed E-state index contributed by atoms with van der Waals surface area (Å²) in [5, 5.41) is 0.861. The molecule has 166 valence electrons. The molecule has 1 fully saturated rings. The Morgan fingerprint density at radius 1 is 1.12 bits per heavy atom. The van der Waals surface area contributed by atoms with E-state index < -0.39 is 0 Å². The number of carbonyl (C=O) groups excluding carboxylic acids is 2. The molecule has 0 aliphatic carbocycles. The number of amides is 2. The summed E-state index contributed by atoms with van der Waals surface area (Å²) in [6.07, 6.45) is 2.05. The van der Waals surface area contributed by atoms with Gasteiger partial charge in [-0.2, -0.15) is 0 Å². The van der Waals surface area contributed by atoms with Crippen LogP contribution < -0.4 is 4.74 Å². The van der Waals surface area contributed by atoms with E-state index >= 15 is 0 Å².